The molecule has 17 heavy (non-hydrogen) atoms. The number of aromatic nitrogens is 3. The van der Waals surface area contributed by atoms with Gasteiger partial charge in [-0.05, 0) is 24.1 Å². The van der Waals surface area contributed by atoms with Crippen LogP contribution in [0.1, 0.15) is 19.5 Å². The van der Waals surface area contributed by atoms with E-state index >= 15 is 0 Å². The van der Waals surface area contributed by atoms with E-state index in [1.807, 2.05) is 16.8 Å². The molecule has 0 saturated heterocycles. The first-order chi connectivity index (χ1) is 8.20. The van der Waals surface area contributed by atoms with Crippen molar-refractivity contribution in [3.8, 4) is 11.3 Å². The molecule has 4 nitrogen and oxygen atoms in total. The first-order valence-corrected chi connectivity index (χ1v) is 5.88. The number of rotatable bonds is 4. The third kappa shape index (κ3) is 2.71. The minimum atomic E-state index is 0.519. The third-order valence-corrected chi connectivity index (χ3v) is 2.59. The highest BCUT2D eigenvalue weighted by Gasteiger charge is 2.09. The van der Waals surface area contributed by atoms with Gasteiger partial charge >= 0.3 is 0 Å². The van der Waals surface area contributed by atoms with E-state index in [2.05, 4.69) is 30.0 Å². The molecule has 0 atom stereocenters. The van der Waals surface area contributed by atoms with Gasteiger partial charge in [-0.1, -0.05) is 13.8 Å². The Morgan fingerprint density at radius 2 is 2.00 bits per heavy atom. The third-order valence-electron chi connectivity index (χ3n) is 2.59. The average Bonchev–Trinajstić information content (AvgIpc) is 2.72. The number of pyridine rings is 1. The molecule has 0 saturated carbocycles. The summed E-state index contributed by atoms with van der Waals surface area (Å²) in [6.45, 7) is 5.77. The van der Waals surface area contributed by atoms with Crippen molar-refractivity contribution in [3.63, 3.8) is 0 Å². The smallest absolute Gasteiger partial charge is 0.0927 e. The molecule has 90 valence electrons. The maximum absolute atomic E-state index is 5.74. The Bertz CT molecular complexity index is 473. The highest BCUT2D eigenvalue weighted by molar-refractivity contribution is 5.58. The molecule has 0 spiro atoms. The maximum atomic E-state index is 5.74. The van der Waals surface area contributed by atoms with Crippen LogP contribution in [0.5, 0.6) is 0 Å². The summed E-state index contributed by atoms with van der Waals surface area (Å²) in [6.07, 6.45) is 3.55. The molecule has 0 aliphatic carbocycles. The fourth-order valence-electron chi connectivity index (χ4n) is 1.79. The summed E-state index contributed by atoms with van der Waals surface area (Å²) in [6, 6.07) is 5.97. The van der Waals surface area contributed by atoms with E-state index in [1.54, 1.807) is 12.4 Å². The van der Waals surface area contributed by atoms with Crippen molar-refractivity contribution in [3.05, 3.63) is 36.3 Å². The second kappa shape index (κ2) is 5.10. The predicted molar refractivity (Wildman–Crippen MR) is 68.2 cm³/mol. The lowest BCUT2D eigenvalue weighted by atomic mass is 10.2. The predicted octanol–water partition coefficient (Wildman–Crippen LogP) is 2.06. The molecular formula is C13H18N4. The summed E-state index contributed by atoms with van der Waals surface area (Å²) in [5, 5.41) is 4.60. The van der Waals surface area contributed by atoms with E-state index in [0.717, 1.165) is 23.5 Å². The van der Waals surface area contributed by atoms with Gasteiger partial charge in [-0.3, -0.25) is 9.67 Å². The van der Waals surface area contributed by atoms with Gasteiger partial charge in [-0.15, -0.1) is 0 Å². The molecular weight excluding hydrogens is 212 g/mol. The van der Waals surface area contributed by atoms with Crippen molar-refractivity contribution in [1.82, 2.24) is 14.8 Å². The minimum absolute atomic E-state index is 0.519. The van der Waals surface area contributed by atoms with Crippen molar-refractivity contribution in [2.75, 3.05) is 0 Å². The maximum Gasteiger partial charge on any atom is 0.0927 e. The average molecular weight is 230 g/mol. The Hall–Kier alpha value is -1.68. The Morgan fingerprint density at radius 3 is 2.59 bits per heavy atom. The van der Waals surface area contributed by atoms with Crippen molar-refractivity contribution < 1.29 is 0 Å². The van der Waals surface area contributed by atoms with Crippen LogP contribution in [0.3, 0.4) is 0 Å². The fraction of sp³-hybridized carbons (Fsp3) is 0.385. The SMILES string of the molecule is CC(C)Cn1nc(-c2ccncc2)cc1CN. The van der Waals surface area contributed by atoms with Crippen molar-refractivity contribution in [2.24, 2.45) is 11.7 Å². The van der Waals surface area contributed by atoms with Crippen LogP contribution in [-0.4, -0.2) is 14.8 Å². The Balaban J connectivity index is 2.34. The molecule has 0 aliphatic heterocycles. The molecule has 0 aliphatic rings. The monoisotopic (exact) mass is 230 g/mol. The normalized spacial score (nSPS) is 11.1. The molecule has 0 unspecified atom stereocenters. The summed E-state index contributed by atoms with van der Waals surface area (Å²) < 4.78 is 2.00. The molecule has 4 heteroatoms. The zero-order chi connectivity index (χ0) is 12.3. The zero-order valence-electron chi connectivity index (χ0n) is 10.3. The van der Waals surface area contributed by atoms with Gasteiger partial charge in [0.1, 0.15) is 0 Å². The lowest BCUT2D eigenvalue weighted by Gasteiger charge is -2.07. The number of nitrogens with zero attached hydrogens (tertiary/aromatic N) is 3. The van der Waals surface area contributed by atoms with Gasteiger partial charge in [0.25, 0.3) is 0 Å². The topological polar surface area (TPSA) is 56.7 Å². The standard InChI is InChI=1S/C13H18N4/c1-10(2)9-17-12(8-14)7-13(16-17)11-3-5-15-6-4-11/h3-7,10H,8-9,14H2,1-2H3. The van der Waals surface area contributed by atoms with Gasteiger partial charge < -0.3 is 5.73 Å². The zero-order valence-corrected chi connectivity index (χ0v) is 10.3. The highest BCUT2D eigenvalue weighted by Crippen LogP contribution is 2.18. The second-order valence-corrected chi connectivity index (χ2v) is 4.54. The van der Waals surface area contributed by atoms with Gasteiger partial charge in [-0.2, -0.15) is 5.10 Å². The molecule has 2 N–H and O–H groups in total. The van der Waals surface area contributed by atoms with Crippen LogP contribution in [0, 0.1) is 5.92 Å². The molecule has 2 heterocycles. The van der Waals surface area contributed by atoms with E-state index in [0.29, 0.717) is 12.5 Å². The van der Waals surface area contributed by atoms with Crippen LogP contribution in [0.15, 0.2) is 30.6 Å². The Labute approximate surface area is 101 Å². The molecule has 0 amide bonds. The van der Waals surface area contributed by atoms with Gasteiger partial charge in [-0.25, -0.2) is 0 Å². The molecule has 2 aromatic rings. The van der Waals surface area contributed by atoms with E-state index in [4.69, 9.17) is 5.73 Å². The molecule has 0 fully saturated rings. The van der Waals surface area contributed by atoms with Crippen LogP contribution in [0.25, 0.3) is 11.3 Å². The van der Waals surface area contributed by atoms with Gasteiger partial charge in [0.15, 0.2) is 0 Å². The lowest BCUT2D eigenvalue weighted by molar-refractivity contribution is 0.470. The molecule has 0 radical (unpaired) electrons. The number of hydrogen-bond donors (Lipinski definition) is 1. The quantitative estimate of drug-likeness (QED) is 0.874. The van der Waals surface area contributed by atoms with Crippen LogP contribution in [0.4, 0.5) is 0 Å². The lowest BCUT2D eigenvalue weighted by Crippen LogP contribution is -2.12. The van der Waals surface area contributed by atoms with Crippen molar-refractivity contribution in [1.29, 1.82) is 0 Å². The summed E-state index contributed by atoms with van der Waals surface area (Å²) in [7, 11) is 0. The van der Waals surface area contributed by atoms with Gasteiger partial charge in [0.05, 0.1) is 11.4 Å². The first-order valence-electron chi connectivity index (χ1n) is 5.88. The summed E-state index contributed by atoms with van der Waals surface area (Å²) in [5.41, 5.74) is 8.87. The van der Waals surface area contributed by atoms with Gasteiger partial charge in [0.2, 0.25) is 0 Å². The highest BCUT2D eigenvalue weighted by atomic mass is 15.3. The number of nitrogens with two attached hydrogens (primary N) is 1. The van der Waals surface area contributed by atoms with E-state index in [9.17, 15) is 0 Å². The molecule has 0 bridgehead atoms. The minimum Gasteiger partial charge on any atom is -0.325 e. The van der Waals surface area contributed by atoms with Crippen LogP contribution in [0.2, 0.25) is 0 Å². The van der Waals surface area contributed by atoms with E-state index in [1.165, 1.54) is 0 Å². The van der Waals surface area contributed by atoms with E-state index in [-0.39, 0.29) is 0 Å². The summed E-state index contributed by atoms with van der Waals surface area (Å²) in [5.74, 6) is 0.561. The first kappa shape index (κ1) is 11.8. The molecule has 0 aromatic carbocycles. The summed E-state index contributed by atoms with van der Waals surface area (Å²) in [4.78, 5) is 4.01. The number of hydrogen-bond acceptors (Lipinski definition) is 3. The largest absolute Gasteiger partial charge is 0.325 e. The van der Waals surface area contributed by atoms with Crippen molar-refractivity contribution >= 4 is 0 Å². The fourth-order valence-corrected chi connectivity index (χ4v) is 1.79. The van der Waals surface area contributed by atoms with Crippen LogP contribution >= 0.6 is 0 Å². The molecule has 2 rings (SSSR count). The second-order valence-electron chi connectivity index (χ2n) is 4.54. The van der Waals surface area contributed by atoms with Crippen LogP contribution in [-0.2, 0) is 13.1 Å². The van der Waals surface area contributed by atoms with E-state index < -0.39 is 0 Å². The summed E-state index contributed by atoms with van der Waals surface area (Å²) >= 11 is 0. The molecule has 2 aromatic heterocycles. The van der Waals surface area contributed by atoms with Gasteiger partial charge in [0, 0.05) is 31.0 Å². The van der Waals surface area contributed by atoms with Crippen molar-refractivity contribution in [2.45, 2.75) is 26.9 Å². The Kier molecular flexibility index (Phi) is 3.54. The van der Waals surface area contributed by atoms with Crippen LogP contribution < -0.4 is 5.73 Å². The Morgan fingerprint density at radius 1 is 1.29 bits per heavy atom.